The first-order valence-corrected chi connectivity index (χ1v) is 8.40. The summed E-state index contributed by atoms with van der Waals surface area (Å²) in [7, 11) is 3.71. The summed E-state index contributed by atoms with van der Waals surface area (Å²) in [6.45, 7) is 3.71. The van der Waals surface area contributed by atoms with Crippen LogP contribution in [0.1, 0.15) is 25.5 Å². The van der Waals surface area contributed by atoms with E-state index in [4.69, 9.17) is 35.4 Å². The molecule has 21 heavy (non-hydrogen) atoms. The van der Waals surface area contributed by atoms with Gasteiger partial charge in [0, 0.05) is 24.1 Å². The van der Waals surface area contributed by atoms with Crippen molar-refractivity contribution in [2.45, 2.75) is 25.1 Å². The van der Waals surface area contributed by atoms with Gasteiger partial charge >= 0.3 is 0 Å². The van der Waals surface area contributed by atoms with Crippen LogP contribution in [-0.4, -0.2) is 34.5 Å². The average Bonchev–Trinajstić information content (AvgIpc) is 2.37. The Morgan fingerprint density at radius 2 is 1.95 bits per heavy atom. The Morgan fingerprint density at radius 3 is 2.48 bits per heavy atom. The second kappa shape index (κ2) is 8.22. The van der Waals surface area contributed by atoms with E-state index in [0.29, 0.717) is 14.4 Å². The minimum atomic E-state index is -0.270. The van der Waals surface area contributed by atoms with Crippen LogP contribution in [0.2, 0.25) is 10.0 Å². The second-order valence-corrected chi connectivity index (χ2v) is 7.63. The number of benzene rings is 1. The molecule has 1 aromatic rings. The number of thiocarbonyl (C=S) groups is 1. The van der Waals surface area contributed by atoms with E-state index in [2.05, 4.69) is 5.32 Å². The Labute approximate surface area is 145 Å². The van der Waals surface area contributed by atoms with E-state index in [1.807, 2.05) is 38.9 Å². The maximum absolute atomic E-state index is 12.2. The third-order valence-corrected chi connectivity index (χ3v) is 5.15. The van der Waals surface area contributed by atoms with E-state index >= 15 is 0 Å². The number of carbonyl (C=O) groups is 1. The highest BCUT2D eigenvalue weighted by Gasteiger charge is 2.20. The summed E-state index contributed by atoms with van der Waals surface area (Å²) in [5.74, 6) is -0.0808. The summed E-state index contributed by atoms with van der Waals surface area (Å²) in [6, 6.07) is 5.04. The monoisotopic (exact) mass is 364 g/mol. The number of hydrogen-bond donors (Lipinski definition) is 1. The van der Waals surface area contributed by atoms with Gasteiger partial charge in [0.1, 0.15) is 4.32 Å². The van der Waals surface area contributed by atoms with Crippen LogP contribution < -0.4 is 5.32 Å². The number of amides is 1. The molecule has 0 radical (unpaired) electrons. The van der Waals surface area contributed by atoms with E-state index in [9.17, 15) is 4.79 Å². The lowest BCUT2D eigenvalue weighted by Gasteiger charge is -2.20. The molecule has 7 heteroatoms. The van der Waals surface area contributed by atoms with Gasteiger partial charge in [-0.2, -0.15) is 0 Å². The highest BCUT2D eigenvalue weighted by molar-refractivity contribution is 8.23. The van der Waals surface area contributed by atoms with Crippen molar-refractivity contribution in [2.75, 3.05) is 14.1 Å². The molecule has 0 spiro atoms. The quantitative estimate of drug-likeness (QED) is 0.813. The van der Waals surface area contributed by atoms with Gasteiger partial charge in [0.05, 0.1) is 11.3 Å². The molecule has 3 nitrogen and oxygen atoms in total. The topological polar surface area (TPSA) is 32.3 Å². The zero-order valence-electron chi connectivity index (χ0n) is 12.3. The standard InChI is InChI=1S/C14H18Cl2N2OS2/c1-8(11-6-5-10(15)7-12(11)16)17-13(19)9(2)21-14(20)18(3)4/h5-9H,1-4H3,(H,17,19)/t8-,9-/m0/s1. The molecule has 0 unspecified atom stereocenters. The summed E-state index contributed by atoms with van der Waals surface area (Å²) in [5.41, 5.74) is 0.835. The first-order chi connectivity index (χ1) is 9.72. The van der Waals surface area contributed by atoms with Crippen LogP contribution in [0.25, 0.3) is 0 Å². The summed E-state index contributed by atoms with van der Waals surface area (Å²) in [6.07, 6.45) is 0. The molecule has 1 N–H and O–H groups in total. The number of thioether (sulfide) groups is 1. The van der Waals surface area contributed by atoms with Crippen LogP contribution in [0, 0.1) is 0 Å². The second-order valence-electron chi connectivity index (χ2n) is 4.82. The zero-order chi connectivity index (χ0) is 16.2. The Bertz CT molecular complexity index is 538. The minimum Gasteiger partial charge on any atom is -0.364 e. The van der Waals surface area contributed by atoms with Crippen molar-refractivity contribution in [1.82, 2.24) is 10.2 Å². The van der Waals surface area contributed by atoms with Crippen molar-refractivity contribution < 1.29 is 4.79 Å². The van der Waals surface area contributed by atoms with Gasteiger partial charge in [0.2, 0.25) is 5.91 Å². The molecule has 0 saturated carbocycles. The van der Waals surface area contributed by atoms with Crippen molar-refractivity contribution in [3.8, 4) is 0 Å². The fraction of sp³-hybridized carbons (Fsp3) is 0.429. The van der Waals surface area contributed by atoms with Gasteiger partial charge in [-0.15, -0.1) is 0 Å². The maximum atomic E-state index is 12.2. The molecular weight excluding hydrogens is 347 g/mol. The molecule has 2 atom stereocenters. The third-order valence-electron chi connectivity index (χ3n) is 2.80. The summed E-state index contributed by atoms with van der Waals surface area (Å²) in [5, 5.41) is 3.78. The lowest BCUT2D eigenvalue weighted by molar-refractivity contribution is -0.120. The third kappa shape index (κ3) is 5.66. The lowest BCUT2D eigenvalue weighted by Crippen LogP contribution is -2.34. The zero-order valence-corrected chi connectivity index (χ0v) is 15.5. The van der Waals surface area contributed by atoms with Crippen LogP contribution in [0.4, 0.5) is 0 Å². The molecule has 0 aromatic heterocycles. The molecular formula is C14H18Cl2N2OS2. The molecule has 1 amide bonds. The first-order valence-electron chi connectivity index (χ1n) is 6.35. The van der Waals surface area contributed by atoms with E-state index in [0.717, 1.165) is 5.56 Å². The number of nitrogens with one attached hydrogen (secondary N) is 1. The van der Waals surface area contributed by atoms with Crippen LogP contribution in [0.3, 0.4) is 0 Å². The largest absolute Gasteiger partial charge is 0.364 e. The van der Waals surface area contributed by atoms with E-state index in [-0.39, 0.29) is 17.2 Å². The number of hydrogen-bond acceptors (Lipinski definition) is 3. The van der Waals surface area contributed by atoms with Crippen molar-refractivity contribution in [3.05, 3.63) is 33.8 Å². The first kappa shape index (κ1) is 18.6. The highest BCUT2D eigenvalue weighted by atomic mass is 35.5. The van der Waals surface area contributed by atoms with Gasteiger partial charge in [-0.3, -0.25) is 4.79 Å². The van der Waals surface area contributed by atoms with Crippen LogP contribution >= 0.6 is 47.2 Å². The van der Waals surface area contributed by atoms with Crippen molar-refractivity contribution in [1.29, 1.82) is 0 Å². The normalized spacial score (nSPS) is 13.4. The highest BCUT2D eigenvalue weighted by Crippen LogP contribution is 2.26. The molecule has 0 saturated heterocycles. The van der Waals surface area contributed by atoms with E-state index in [1.165, 1.54) is 11.8 Å². The Kier molecular flexibility index (Phi) is 7.27. The molecule has 1 rings (SSSR count). The molecule has 0 aliphatic heterocycles. The number of carbonyl (C=O) groups excluding carboxylic acids is 1. The molecule has 0 fully saturated rings. The van der Waals surface area contributed by atoms with Crippen LogP contribution in [-0.2, 0) is 4.79 Å². The van der Waals surface area contributed by atoms with Gasteiger partial charge in [-0.1, -0.05) is 53.2 Å². The Hall–Kier alpha value is -0.490. The van der Waals surface area contributed by atoms with Crippen molar-refractivity contribution in [2.24, 2.45) is 0 Å². The fourth-order valence-corrected chi connectivity index (χ4v) is 3.26. The SMILES string of the molecule is C[C@H](SC(=S)N(C)C)C(=O)N[C@@H](C)c1ccc(Cl)cc1Cl. The molecule has 0 bridgehead atoms. The van der Waals surface area contributed by atoms with Crippen molar-refractivity contribution in [3.63, 3.8) is 0 Å². The predicted molar refractivity (Wildman–Crippen MR) is 96.4 cm³/mol. The number of halogens is 2. The Morgan fingerprint density at radius 1 is 1.33 bits per heavy atom. The average molecular weight is 365 g/mol. The summed E-state index contributed by atoms with van der Waals surface area (Å²) < 4.78 is 0.676. The van der Waals surface area contributed by atoms with E-state index in [1.54, 1.807) is 12.1 Å². The summed E-state index contributed by atoms with van der Waals surface area (Å²) in [4.78, 5) is 14.0. The lowest BCUT2D eigenvalue weighted by atomic mass is 10.1. The smallest absolute Gasteiger partial charge is 0.233 e. The molecule has 1 aromatic carbocycles. The van der Waals surface area contributed by atoms with E-state index < -0.39 is 0 Å². The Balaban J connectivity index is 2.67. The van der Waals surface area contributed by atoms with Gasteiger partial charge in [0.25, 0.3) is 0 Å². The molecule has 0 heterocycles. The number of nitrogens with zero attached hydrogens (tertiary/aromatic N) is 1. The van der Waals surface area contributed by atoms with Gasteiger partial charge < -0.3 is 10.2 Å². The van der Waals surface area contributed by atoms with Gasteiger partial charge in [-0.25, -0.2) is 0 Å². The fourth-order valence-electron chi connectivity index (χ4n) is 1.57. The molecule has 0 aliphatic carbocycles. The van der Waals surface area contributed by atoms with Crippen LogP contribution in [0.5, 0.6) is 0 Å². The molecule has 0 aliphatic rings. The predicted octanol–water partition coefficient (Wildman–Crippen LogP) is 4.14. The summed E-state index contributed by atoms with van der Waals surface area (Å²) >= 11 is 18.6. The van der Waals surface area contributed by atoms with Crippen molar-refractivity contribution >= 4 is 57.4 Å². The minimum absolute atomic E-state index is 0.0808. The molecule has 116 valence electrons. The van der Waals surface area contributed by atoms with Crippen LogP contribution in [0.15, 0.2) is 18.2 Å². The maximum Gasteiger partial charge on any atom is 0.233 e. The van der Waals surface area contributed by atoms with Gasteiger partial charge in [0.15, 0.2) is 0 Å². The number of rotatable bonds is 4. The van der Waals surface area contributed by atoms with Gasteiger partial charge in [-0.05, 0) is 31.5 Å².